The molecule has 0 aliphatic heterocycles. The summed E-state index contributed by atoms with van der Waals surface area (Å²) in [6.07, 6.45) is 3.28. The van der Waals surface area contributed by atoms with Gasteiger partial charge in [0.2, 0.25) is 11.8 Å². The molecule has 1 N–H and O–H groups in total. The van der Waals surface area contributed by atoms with Crippen molar-refractivity contribution >= 4 is 23.5 Å². The van der Waals surface area contributed by atoms with Gasteiger partial charge >= 0.3 is 5.97 Å². The van der Waals surface area contributed by atoms with Crippen molar-refractivity contribution in [1.29, 1.82) is 0 Å². The Morgan fingerprint density at radius 2 is 1.92 bits per heavy atom. The van der Waals surface area contributed by atoms with E-state index in [1.807, 2.05) is 6.07 Å². The van der Waals surface area contributed by atoms with Crippen LogP contribution in [0.25, 0.3) is 0 Å². The lowest BCUT2D eigenvalue weighted by Crippen LogP contribution is -2.36. The smallest absolute Gasteiger partial charge is 0.340 e. The summed E-state index contributed by atoms with van der Waals surface area (Å²) < 4.78 is 4.99. The first-order valence-electron chi connectivity index (χ1n) is 8.21. The first-order chi connectivity index (χ1) is 12.5. The number of hydrogen-bond donors (Lipinski definition) is 1. The van der Waals surface area contributed by atoms with E-state index in [1.165, 1.54) is 11.8 Å². The maximum atomic E-state index is 12.4. The second kappa shape index (κ2) is 9.31. The van der Waals surface area contributed by atoms with E-state index in [4.69, 9.17) is 4.74 Å². The summed E-state index contributed by atoms with van der Waals surface area (Å²) in [5.74, 6) is -1.15. The Kier molecular flexibility index (Phi) is 6.84. The first-order valence-corrected chi connectivity index (χ1v) is 8.21. The highest BCUT2D eigenvalue weighted by atomic mass is 16.5. The molecule has 0 unspecified atom stereocenters. The largest absolute Gasteiger partial charge is 0.462 e. The van der Waals surface area contributed by atoms with Crippen LogP contribution in [0.3, 0.4) is 0 Å². The summed E-state index contributed by atoms with van der Waals surface area (Å²) in [4.78, 5) is 41.6. The lowest BCUT2D eigenvalue weighted by molar-refractivity contribution is -0.133. The van der Waals surface area contributed by atoms with Gasteiger partial charge in [-0.3, -0.25) is 14.6 Å². The van der Waals surface area contributed by atoms with E-state index in [0.29, 0.717) is 5.69 Å². The van der Waals surface area contributed by atoms with E-state index < -0.39 is 11.9 Å². The van der Waals surface area contributed by atoms with Crippen LogP contribution in [-0.2, 0) is 20.9 Å². The number of carbonyl (C=O) groups is 3. The minimum absolute atomic E-state index is 0.138. The quantitative estimate of drug-likeness (QED) is 0.770. The molecule has 1 aromatic carbocycles. The van der Waals surface area contributed by atoms with Crippen molar-refractivity contribution in [2.45, 2.75) is 20.4 Å². The molecule has 0 radical (unpaired) electrons. The third kappa shape index (κ3) is 5.41. The van der Waals surface area contributed by atoms with Crippen molar-refractivity contribution in [2.75, 3.05) is 18.5 Å². The summed E-state index contributed by atoms with van der Waals surface area (Å²) in [6.45, 7) is 3.49. The van der Waals surface area contributed by atoms with Gasteiger partial charge in [0.15, 0.2) is 0 Å². The number of esters is 1. The van der Waals surface area contributed by atoms with Gasteiger partial charge in [-0.15, -0.1) is 0 Å². The van der Waals surface area contributed by atoms with Crippen molar-refractivity contribution in [1.82, 2.24) is 9.88 Å². The molecule has 0 fully saturated rings. The van der Waals surface area contributed by atoms with Gasteiger partial charge in [0.25, 0.3) is 0 Å². The Bertz CT molecular complexity index is 777. The van der Waals surface area contributed by atoms with E-state index in [0.717, 1.165) is 5.56 Å². The minimum atomic E-state index is -0.512. The SMILES string of the molecule is CCOC(=O)c1ccccc1NC(=O)CN(Cc1cccnc1)C(C)=O. The van der Waals surface area contributed by atoms with Gasteiger partial charge in [-0.2, -0.15) is 0 Å². The zero-order valence-electron chi connectivity index (χ0n) is 14.8. The van der Waals surface area contributed by atoms with Crippen LogP contribution < -0.4 is 5.32 Å². The van der Waals surface area contributed by atoms with E-state index >= 15 is 0 Å². The zero-order chi connectivity index (χ0) is 18.9. The van der Waals surface area contributed by atoms with Gasteiger partial charge in [0, 0.05) is 25.9 Å². The zero-order valence-corrected chi connectivity index (χ0v) is 14.8. The highest BCUT2D eigenvalue weighted by Gasteiger charge is 2.17. The normalized spacial score (nSPS) is 10.1. The molecule has 0 saturated heterocycles. The number of aromatic nitrogens is 1. The second-order valence-corrected chi connectivity index (χ2v) is 5.55. The number of nitrogens with zero attached hydrogens (tertiary/aromatic N) is 2. The first kappa shape index (κ1) is 19.1. The van der Waals surface area contributed by atoms with E-state index in [-0.39, 0.29) is 31.2 Å². The summed E-state index contributed by atoms with van der Waals surface area (Å²) in [6, 6.07) is 10.2. The number of pyridine rings is 1. The Morgan fingerprint density at radius 3 is 2.58 bits per heavy atom. The van der Waals surface area contributed by atoms with Crippen LogP contribution in [0.5, 0.6) is 0 Å². The number of anilines is 1. The average molecular weight is 355 g/mol. The number of amides is 2. The van der Waals surface area contributed by atoms with Crippen molar-refractivity contribution in [3.05, 3.63) is 59.9 Å². The van der Waals surface area contributed by atoms with Crippen LogP contribution in [0.2, 0.25) is 0 Å². The van der Waals surface area contributed by atoms with Crippen molar-refractivity contribution in [2.24, 2.45) is 0 Å². The van der Waals surface area contributed by atoms with Gasteiger partial charge in [-0.05, 0) is 30.7 Å². The van der Waals surface area contributed by atoms with Crippen molar-refractivity contribution in [3.8, 4) is 0 Å². The maximum Gasteiger partial charge on any atom is 0.340 e. The highest BCUT2D eigenvalue weighted by Crippen LogP contribution is 2.16. The van der Waals surface area contributed by atoms with Crippen molar-refractivity contribution in [3.63, 3.8) is 0 Å². The van der Waals surface area contributed by atoms with Crippen LogP contribution in [0.1, 0.15) is 29.8 Å². The molecule has 7 heteroatoms. The molecule has 1 heterocycles. The summed E-state index contributed by atoms with van der Waals surface area (Å²) in [5.41, 5.74) is 1.44. The molecule has 2 rings (SSSR count). The van der Waals surface area contributed by atoms with Crippen LogP contribution in [0, 0.1) is 0 Å². The monoisotopic (exact) mass is 355 g/mol. The number of para-hydroxylation sites is 1. The minimum Gasteiger partial charge on any atom is -0.462 e. The maximum absolute atomic E-state index is 12.4. The summed E-state index contributed by atoms with van der Waals surface area (Å²) >= 11 is 0. The number of benzene rings is 1. The van der Waals surface area contributed by atoms with Crippen LogP contribution in [0.15, 0.2) is 48.8 Å². The Morgan fingerprint density at radius 1 is 1.15 bits per heavy atom. The molecule has 0 saturated carbocycles. The fourth-order valence-electron chi connectivity index (χ4n) is 2.33. The van der Waals surface area contributed by atoms with Gasteiger partial charge in [0.1, 0.15) is 6.54 Å². The highest BCUT2D eigenvalue weighted by molar-refractivity contribution is 6.02. The Hall–Kier alpha value is -3.22. The Labute approximate surface area is 152 Å². The number of ether oxygens (including phenoxy) is 1. The molecule has 0 bridgehead atoms. The lowest BCUT2D eigenvalue weighted by Gasteiger charge is -2.21. The average Bonchev–Trinajstić information content (AvgIpc) is 2.62. The van der Waals surface area contributed by atoms with Gasteiger partial charge in [0.05, 0.1) is 17.9 Å². The molecular weight excluding hydrogens is 334 g/mol. The van der Waals surface area contributed by atoms with E-state index in [1.54, 1.807) is 49.6 Å². The topological polar surface area (TPSA) is 88.6 Å². The molecule has 1 aromatic heterocycles. The second-order valence-electron chi connectivity index (χ2n) is 5.55. The predicted octanol–water partition coefficient (Wildman–Crippen LogP) is 2.25. The fourth-order valence-corrected chi connectivity index (χ4v) is 2.33. The third-order valence-corrected chi connectivity index (χ3v) is 3.57. The number of hydrogen-bond acceptors (Lipinski definition) is 5. The summed E-state index contributed by atoms with van der Waals surface area (Å²) in [7, 11) is 0. The molecule has 0 aliphatic carbocycles. The molecule has 2 aromatic rings. The number of nitrogens with one attached hydrogen (secondary N) is 1. The molecule has 2 amide bonds. The molecule has 0 spiro atoms. The van der Waals surface area contributed by atoms with Crippen LogP contribution in [0.4, 0.5) is 5.69 Å². The van der Waals surface area contributed by atoms with Gasteiger partial charge in [-0.1, -0.05) is 18.2 Å². The lowest BCUT2D eigenvalue weighted by atomic mass is 10.1. The van der Waals surface area contributed by atoms with E-state index in [2.05, 4.69) is 10.3 Å². The molecule has 0 atom stereocenters. The molecule has 136 valence electrons. The molecule has 0 aliphatic rings. The van der Waals surface area contributed by atoms with Gasteiger partial charge < -0.3 is 15.0 Å². The summed E-state index contributed by atoms with van der Waals surface area (Å²) in [5, 5.41) is 2.67. The number of rotatable bonds is 7. The number of carbonyl (C=O) groups excluding carboxylic acids is 3. The predicted molar refractivity (Wildman–Crippen MR) is 96.4 cm³/mol. The Balaban J connectivity index is 2.07. The molecular formula is C19H21N3O4. The molecule has 26 heavy (non-hydrogen) atoms. The van der Waals surface area contributed by atoms with Crippen LogP contribution >= 0.6 is 0 Å². The van der Waals surface area contributed by atoms with E-state index in [9.17, 15) is 14.4 Å². The van der Waals surface area contributed by atoms with Crippen LogP contribution in [-0.4, -0.2) is 40.8 Å². The fraction of sp³-hybridized carbons (Fsp3) is 0.263. The van der Waals surface area contributed by atoms with Gasteiger partial charge in [-0.25, -0.2) is 4.79 Å². The standard InChI is InChI=1S/C19H21N3O4/c1-3-26-19(25)16-8-4-5-9-17(16)21-18(24)13-22(14(2)23)12-15-7-6-10-20-11-15/h4-11H,3,12-13H2,1-2H3,(H,21,24). The van der Waals surface area contributed by atoms with Crippen molar-refractivity contribution < 1.29 is 19.1 Å². The molecule has 7 nitrogen and oxygen atoms in total. The third-order valence-electron chi connectivity index (χ3n) is 3.57.